The minimum Gasteiger partial charge on any atom is -0.494 e. The van der Waals surface area contributed by atoms with Crippen molar-refractivity contribution in [3.05, 3.63) is 29.8 Å². The largest absolute Gasteiger partial charge is 0.494 e. The molecule has 0 atom stereocenters. The molecule has 0 amide bonds. The highest BCUT2D eigenvalue weighted by molar-refractivity contribution is 6.02. The third-order valence-corrected chi connectivity index (χ3v) is 5.00. The first-order valence-corrected chi connectivity index (χ1v) is 11.0. The van der Waals surface area contributed by atoms with Crippen molar-refractivity contribution in [2.75, 3.05) is 13.2 Å². The number of esters is 1. The zero-order chi connectivity index (χ0) is 21.5. The van der Waals surface area contributed by atoms with E-state index in [2.05, 4.69) is 0 Å². The molecule has 0 spiro atoms. The van der Waals surface area contributed by atoms with Gasteiger partial charge >= 0.3 is 5.97 Å². The number of hydrogen-bond donors (Lipinski definition) is 0. The minimum absolute atomic E-state index is 0.0873. The average molecular weight is 405 g/mol. The van der Waals surface area contributed by atoms with Gasteiger partial charge in [-0.2, -0.15) is 0 Å². The Hall–Kier alpha value is -2.17. The molecule has 1 rings (SSSR count). The van der Waals surface area contributed by atoms with Crippen molar-refractivity contribution in [1.29, 1.82) is 0 Å². The summed E-state index contributed by atoms with van der Waals surface area (Å²) in [6.07, 6.45) is 7.89. The first-order chi connectivity index (χ1) is 14.0. The van der Waals surface area contributed by atoms with E-state index in [1.165, 1.54) is 0 Å². The van der Waals surface area contributed by atoms with Crippen LogP contribution in [0.1, 0.15) is 88.9 Å². The Bertz CT molecular complexity index is 605. The molecule has 0 saturated carbocycles. The van der Waals surface area contributed by atoms with E-state index in [1.54, 1.807) is 31.2 Å². The third kappa shape index (κ3) is 9.73. The molecule has 0 aliphatic heterocycles. The van der Waals surface area contributed by atoms with E-state index < -0.39 is 0 Å². The lowest BCUT2D eigenvalue weighted by atomic mass is 9.90. The van der Waals surface area contributed by atoms with Crippen LogP contribution in [0.25, 0.3) is 0 Å². The van der Waals surface area contributed by atoms with Gasteiger partial charge in [0.05, 0.1) is 24.7 Å². The number of ketones is 2. The lowest BCUT2D eigenvalue weighted by Crippen LogP contribution is -2.22. The maximum atomic E-state index is 11.9. The van der Waals surface area contributed by atoms with Crippen LogP contribution in [0.2, 0.25) is 0 Å². The Labute approximate surface area is 175 Å². The number of unbranched alkanes of at least 4 members (excludes halogenated alkanes) is 5. The maximum absolute atomic E-state index is 11.9. The van der Waals surface area contributed by atoms with Crippen molar-refractivity contribution in [1.82, 2.24) is 0 Å². The number of ether oxygens (including phenoxy) is 2. The van der Waals surface area contributed by atoms with Crippen LogP contribution in [0.3, 0.4) is 0 Å². The molecule has 0 radical (unpaired) electrons. The predicted octanol–water partition coefficient (Wildman–Crippen LogP) is 5.55. The molecule has 1 aromatic carbocycles. The van der Waals surface area contributed by atoms with Gasteiger partial charge in [0.2, 0.25) is 0 Å². The fourth-order valence-electron chi connectivity index (χ4n) is 3.24. The average Bonchev–Trinajstić information content (AvgIpc) is 2.74. The van der Waals surface area contributed by atoms with Crippen LogP contribution in [-0.2, 0) is 14.3 Å². The van der Waals surface area contributed by atoms with E-state index in [0.29, 0.717) is 38.0 Å². The van der Waals surface area contributed by atoms with Crippen molar-refractivity contribution in [3.8, 4) is 5.75 Å². The summed E-state index contributed by atoms with van der Waals surface area (Å²) in [6.45, 7) is 6.46. The van der Waals surface area contributed by atoms with Gasteiger partial charge in [0.1, 0.15) is 17.3 Å². The lowest BCUT2D eigenvalue weighted by molar-refractivity contribution is -0.132. The topological polar surface area (TPSA) is 69.7 Å². The highest BCUT2D eigenvalue weighted by atomic mass is 16.5. The van der Waals surface area contributed by atoms with E-state index >= 15 is 0 Å². The fourth-order valence-corrected chi connectivity index (χ4v) is 3.24. The molecule has 1 aromatic rings. The molecular weight excluding hydrogens is 368 g/mol. The fraction of sp³-hybridized carbons (Fsp3) is 0.625. The molecule has 0 aliphatic carbocycles. The van der Waals surface area contributed by atoms with E-state index in [0.717, 1.165) is 44.3 Å². The zero-order valence-electron chi connectivity index (χ0n) is 18.2. The molecule has 0 bridgehead atoms. The van der Waals surface area contributed by atoms with Crippen molar-refractivity contribution < 1.29 is 23.9 Å². The molecule has 0 aliphatic rings. The van der Waals surface area contributed by atoms with Gasteiger partial charge in [0.15, 0.2) is 0 Å². The minimum atomic E-state index is -0.381. The summed E-state index contributed by atoms with van der Waals surface area (Å²) in [5.74, 6) is 0.232. The van der Waals surface area contributed by atoms with Gasteiger partial charge in [-0.1, -0.05) is 46.0 Å². The van der Waals surface area contributed by atoms with E-state index in [-0.39, 0.29) is 23.5 Å². The number of hydrogen-bond acceptors (Lipinski definition) is 5. The summed E-state index contributed by atoms with van der Waals surface area (Å²) < 4.78 is 10.7. The smallest absolute Gasteiger partial charge is 0.338 e. The molecule has 29 heavy (non-hydrogen) atoms. The van der Waals surface area contributed by atoms with Gasteiger partial charge in [-0.05, 0) is 44.0 Å². The van der Waals surface area contributed by atoms with Crippen LogP contribution >= 0.6 is 0 Å². The van der Waals surface area contributed by atoms with Gasteiger partial charge < -0.3 is 9.47 Å². The summed E-state index contributed by atoms with van der Waals surface area (Å²) in [7, 11) is 0. The molecule has 162 valence electrons. The first kappa shape index (κ1) is 24.9. The Kier molecular flexibility index (Phi) is 12.7. The van der Waals surface area contributed by atoms with Gasteiger partial charge in [-0.25, -0.2) is 4.79 Å². The van der Waals surface area contributed by atoms with Crippen LogP contribution in [0, 0.1) is 5.92 Å². The second-order valence-electron chi connectivity index (χ2n) is 7.20. The Morgan fingerprint density at radius 3 is 1.90 bits per heavy atom. The molecule has 0 N–H and O–H groups in total. The highest BCUT2D eigenvalue weighted by Gasteiger charge is 2.22. The Balaban J connectivity index is 2.12. The Morgan fingerprint density at radius 2 is 1.34 bits per heavy atom. The van der Waals surface area contributed by atoms with Crippen LogP contribution < -0.4 is 4.74 Å². The van der Waals surface area contributed by atoms with Crippen LogP contribution in [0.5, 0.6) is 5.75 Å². The number of rotatable bonds is 16. The van der Waals surface area contributed by atoms with Crippen LogP contribution in [0.15, 0.2) is 24.3 Å². The quantitative estimate of drug-likeness (QED) is 0.205. The van der Waals surface area contributed by atoms with Gasteiger partial charge in [0, 0.05) is 12.8 Å². The SMILES string of the molecule is CCOC(=O)c1ccc(OCCCCCCCCC(C(=O)CC)C(=O)CC)cc1. The van der Waals surface area contributed by atoms with E-state index in [4.69, 9.17) is 9.47 Å². The molecule has 0 heterocycles. The Morgan fingerprint density at radius 1 is 0.793 bits per heavy atom. The standard InChI is InChI=1S/C24H36O5/c1-4-22(25)21(23(26)5-2)13-11-9-7-8-10-12-18-29-20-16-14-19(15-17-20)24(27)28-6-3/h14-17,21H,4-13,18H2,1-3H3. The van der Waals surface area contributed by atoms with Crippen LogP contribution in [-0.4, -0.2) is 30.7 Å². The number of carbonyl (C=O) groups is 3. The molecule has 0 aromatic heterocycles. The second kappa shape index (κ2) is 14.8. The summed E-state index contributed by atoms with van der Waals surface area (Å²) >= 11 is 0. The lowest BCUT2D eigenvalue weighted by Gasteiger charge is -2.12. The van der Waals surface area contributed by atoms with Crippen molar-refractivity contribution in [3.63, 3.8) is 0 Å². The molecule has 5 heteroatoms. The molecule has 5 nitrogen and oxygen atoms in total. The predicted molar refractivity (Wildman–Crippen MR) is 114 cm³/mol. The maximum Gasteiger partial charge on any atom is 0.338 e. The molecule has 0 saturated heterocycles. The number of carbonyl (C=O) groups excluding carboxylic acids is 3. The summed E-state index contributed by atoms with van der Waals surface area (Å²) in [5, 5.41) is 0. The summed E-state index contributed by atoms with van der Waals surface area (Å²) in [4.78, 5) is 35.4. The highest BCUT2D eigenvalue weighted by Crippen LogP contribution is 2.17. The van der Waals surface area contributed by atoms with Crippen LogP contribution in [0.4, 0.5) is 0 Å². The summed E-state index contributed by atoms with van der Waals surface area (Å²) in [6, 6.07) is 7.01. The van der Waals surface area contributed by atoms with E-state index in [1.807, 2.05) is 13.8 Å². The van der Waals surface area contributed by atoms with Crippen molar-refractivity contribution in [2.24, 2.45) is 5.92 Å². The first-order valence-electron chi connectivity index (χ1n) is 11.0. The zero-order valence-corrected chi connectivity index (χ0v) is 18.2. The second-order valence-corrected chi connectivity index (χ2v) is 7.20. The monoisotopic (exact) mass is 404 g/mol. The van der Waals surface area contributed by atoms with Gasteiger partial charge in [0.25, 0.3) is 0 Å². The summed E-state index contributed by atoms with van der Waals surface area (Å²) in [5.41, 5.74) is 0.530. The number of benzene rings is 1. The van der Waals surface area contributed by atoms with Crippen molar-refractivity contribution >= 4 is 17.5 Å². The molecular formula is C24H36O5. The normalized spacial score (nSPS) is 10.8. The number of Topliss-reactive ketones (excluding diaryl/α,β-unsaturated/α-hetero) is 2. The van der Waals surface area contributed by atoms with Gasteiger partial charge in [-0.15, -0.1) is 0 Å². The van der Waals surface area contributed by atoms with E-state index in [9.17, 15) is 14.4 Å². The van der Waals surface area contributed by atoms with Crippen molar-refractivity contribution in [2.45, 2.75) is 78.6 Å². The molecule has 0 fully saturated rings. The third-order valence-electron chi connectivity index (χ3n) is 5.00. The molecule has 0 unspecified atom stereocenters. The van der Waals surface area contributed by atoms with Gasteiger partial charge in [-0.3, -0.25) is 9.59 Å².